The molecule has 0 atom stereocenters. The van der Waals surface area contributed by atoms with Crippen molar-refractivity contribution in [2.45, 2.75) is 51.2 Å². The number of fused-ring (bicyclic) bond motifs is 2. The molecule has 0 aromatic heterocycles. The van der Waals surface area contributed by atoms with Crippen molar-refractivity contribution >= 4 is 0 Å². The molecule has 2 heteroatoms. The summed E-state index contributed by atoms with van der Waals surface area (Å²) in [5.41, 5.74) is 1.42. The Morgan fingerprint density at radius 2 is 1.65 bits per heavy atom. The summed E-state index contributed by atoms with van der Waals surface area (Å²) in [4.78, 5) is 2.70. The minimum Gasteiger partial charge on any atom is -0.494 e. The molecule has 2 nitrogen and oxygen atoms in total. The second kappa shape index (κ2) is 4.69. The Morgan fingerprint density at radius 1 is 1.06 bits per heavy atom. The fraction of sp³-hybridized carbons (Fsp3) is 0.600. The number of nitrogens with zero attached hydrogens (tertiary/aromatic N) is 1. The van der Waals surface area contributed by atoms with Gasteiger partial charge in [-0.1, -0.05) is 12.1 Å². The number of rotatable bonds is 4. The molecule has 0 aliphatic carbocycles. The molecule has 3 rings (SSSR count). The van der Waals surface area contributed by atoms with Crippen LogP contribution in [0.25, 0.3) is 0 Å². The standard InChI is InChI=1S/C15H21NO/c1-2-17-15-9-3-12(4-10-15)11-16-13-5-6-14(16)8-7-13/h3-4,9-10,13-14H,2,5-8,11H2,1H3. The topological polar surface area (TPSA) is 12.5 Å². The number of hydrogen-bond acceptors (Lipinski definition) is 2. The maximum atomic E-state index is 5.47. The highest BCUT2D eigenvalue weighted by molar-refractivity contribution is 5.27. The zero-order valence-electron chi connectivity index (χ0n) is 10.6. The molecule has 17 heavy (non-hydrogen) atoms. The third-order valence-electron chi connectivity index (χ3n) is 4.20. The third kappa shape index (κ3) is 2.19. The van der Waals surface area contributed by atoms with E-state index in [4.69, 9.17) is 4.74 Å². The summed E-state index contributed by atoms with van der Waals surface area (Å²) in [6.45, 7) is 3.90. The van der Waals surface area contributed by atoms with E-state index in [1.807, 2.05) is 6.92 Å². The fourth-order valence-corrected chi connectivity index (χ4v) is 3.35. The van der Waals surface area contributed by atoms with Gasteiger partial charge in [-0.25, -0.2) is 0 Å². The zero-order chi connectivity index (χ0) is 11.7. The summed E-state index contributed by atoms with van der Waals surface area (Å²) in [6, 6.07) is 10.3. The van der Waals surface area contributed by atoms with Crippen LogP contribution in [0.3, 0.4) is 0 Å². The maximum Gasteiger partial charge on any atom is 0.119 e. The third-order valence-corrected chi connectivity index (χ3v) is 4.20. The molecule has 2 saturated heterocycles. The molecule has 0 N–H and O–H groups in total. The molecule has 2 aliphatic heterocycles. The van der Waals surface area contributed by atoms with Gasteiger partial charge in [0.25, 0.3) is 0 Å². The Labute approximate surface area is 104 Å². The molecule has 0 unspecified atom stereocenters. The molecular formula is C15H21NO. The van der Waals surface area contributed by atoms with Crippen molar-refractivity contribution in [2.24, 2.45) is 0 Å². The second-order valence-corrected chi connectivity index (χ2v) is 5.21. The van der Waals surface area contributed by atoms with Gasteiger partial charge in [0.05, 0.1) is 6.61 Å². The van der Waals surface area contributed by atoms with Gasteiger partial charge in [-0.3, -0.25) is 4.90 Å². The molecule has 0 amide bonds. The summed E-state index contributed by atoms with van der Waals surface area (Å²) >= 11 is 0. The first kappa shape index (κ1) is 11.1. The van der Waals surface area contributed by atoms with Gasteiger partial charge in [0.1, 0.15) is 5.75 Å². The lowest BCUT2D eigenvalue weighted by molar-refractivity contribution is 0.244. The van der Waals surface area contributed by atoms with Crippen molar-refractivity contribution in [3.63, 3.8) is 0 Å². The van der Waals surface area contributed by atoms with Crippen LogP contribution in [0.4, 0.5) is 0 Å². The molecule has 1 aromatic carbocycles. The molecule has 2 fully saturated rings. The second-order valence-electron chi connectivity index (χ2n) is 5.21. The van der Waals surface area contributed by atoms with Crippen molar-refractivity contribution in [2.75, 3.05) is 6.61 Å². The number of benzene rings is 1. The zero-order valence-corrected chi connectivity index (χ0v) is 10.6. The highest BCUT2D eigenvalue weighted by Gasteiger charge is 2.38. The Kier molecular flexibility index (Phi) is 3.06. The van der Waals surface area contributed by atoms with Gasteiger partial charge in [0.15, 0.2) is 0 Å². The molecule has 0 spiro atoms. The average molecular weight is 231 g/mol. The van der Waals surface area contributed by atoms with Crippen LogP contribution < -0.4 is 4.74 Å². The Morgan fingerprint density at radius 3 is 2.18 bits per heavy atom. The summed E-state index contributed by atoms with van der Waals surface area (Å²) < 4.78 is 5.47. The van der Waals surface area contributed by atoms with E-state index in [-0.39, 0.29) is 0 Å². The Bertz CT molecular complexity index is 353. The van der Waals surface area contributed by atoms with Gasteiger partial charge in [0, 0.05) is 18.6 Å². The molecule has 1 aromatic rings. The van der Waals surface area contributed by atoms with Crippen LogP contribution in [0.1, 0.15) is 38.2 Å². The number of hydrogen-bond donors (Lipinski definition) is 0. The first-order chi connectivity index (χ1) is 8.36. The monoisotopic (exact) mass is 231 g/mol. The van der Waals surface area contributed by atoms with Crippen LogP contribution in [0.5, 0.6) is 5.75 Å². The minimum absolute atomic E-state index is 0.746. The lowest BCUT2D eigenvalue weighted by Gasteiger charge is -2.21. The Hall–Kier alpha value is -1.02. The van der Waals surface area contributed by atoms with E-state index in [9.17, 15) is 0 Å². The summed E-state index contributed by atoms with van der Waals surface area (Å²) in [5, 5.41) is 0. The normalized spacial score (nSPS) is 27.6. The molecular weight excluding hydrogens is 210 g/mol. The van der Waals surface area contributed by atoms with E-state index in [1.54, 1.807) is 0 Å². The molecule has 2 heterocycles. The van der Waals surface area contributed by atoms with Crippen molar-refractivity contribution in [1.29, 1.82) is 0 Å². The van der Waals surface area contributed by atoms with Crippen LogP contribution >= 0.6 is 0 Å². The van der Waals surface area contributed by atoms with Crippen LogP contribution in [-0.4, -0.2) is 23.6 Å². The van der Waals surface area contributed by atoms with E-state index in [2.05, 4.69) is 29.2 Å². The minimum atomic E-state index is 0.746. The predicted octanol–water partition coefficient (Wildman–Crippen LogP) is 3.21. The lowest BCUT2D eigenvalue weighted by Crippen LogP contribution is -2.27. The van der Waals surface area contributed by atoms with Crippen LogP contribution in [0.2, 0.25) is 0 Å². The molecule has 2 bridgehead atoms. The van der Waals surface area contributed by atoms with Crippen molar-refractivity contribution in [3.05, 3.63) is 29.8 Å². The molecule has 0 saturated carbocycles. The summed E-state index contributed by atoms with van der Waals surface area (Å²) in [7, 11) is 0. The van der Waals surface area contributed by atoms with E-state index < -0.39 is 0 Å². The molecule has 92 valence electrons. The smallest absolute Gasteiger partial charge is 0.119 e. The van der Waals surface area contributed by atoms with Crippen molar-refractivity contribution in [3.8, 4) is 5.75 Å². The largest absolute Gasteiger partial charge is 0.494 e. The number of ether oxygens (including phenoxy) is 1. The van der Waals surface area contributed by atoms with Crippen LogP contribution in [0.15, 0.2) is 24.3 Å². The average Bonchev–Trinajstić information content (AvgIpc) is 2.92. The van der Waals surface area contributed by atoms with Gasteiger partial charge in [-0.05, 0) is 50.3 Å². The van der Waals surface area contributed by atoms with Crippen LogP contribution in [-0.2, 0) is 6.54 Å². The van der Waals surface area contributed by atoms with E-state index in [0.717, 1.165) is 31.0 Å². The predicted molar refractivity (Wildman–Crippen MR) is 69.2 cm³/mol. The first-order valence-corrected chi connectivity index (χ1v) is 6.84. The van der Waals surface area contributed by atoms with Gasteiger partial charge >= 0.3 is 0 Å². The van der Waals surface area contributed by atoms with Gasteiger partial charge in [0.2, 0.25) is 0 Å². The SMILES string of the molecule is CCOc1ccc(CN2C3CCC2CC3)cc1. The molecule has 0 radical (unpaired) electrons. The van der Waals surface area contributed by atoms with E-state index in [1.165, 1.54) is 31.2 Å². The maximum absolute atomic E-state index is 5.47. The quantitative estimate of drug-likeness (QED) is 0.789. The van der Waals surface area contributed by atoms with E-state index >= 15 is 0 Å². The van der Waals surface area contributed by atoms with Crippen molar-refractivity contribution in [1.82, 2.24) is 4.90 Å². The Balaban J connectivity index is 1.65. The van der Waals surface area contributed by atoms with Crippen molar-refractivity contribution < 1.29 is 4.74 Å². The highest BCUT2D eigenvalue weighted by Crippen LogP contribution is 2.38. The summed E-state index contributed by atoms with van der Waals surface area (Å²) in [6.07, 6.45) is 5.67. The molecule has 2 aliphatic rings. The van der Waals surface area contributed by atoms with Gasteiger partial charge < -0.3 is 4.74 Å². The van der Waals surface area contributed by atoms with Gasteiger partial charge in [-0.2, -0.15) is 0 Å². The first-order valence-electron chi connectivity index (χ1n) is 6.84. The van der Waals surface area contributed by atoms with Crippen LogP contribution in [0, 0.1) is 0 Å². The highest BCUT2D eigenvalue weighted by atomic mass is 16.5. The van der Waals surface area contributed by atoms with E-state index in [0.29, 0.717) is 0 Å². The summed E-state index contributed by atoms with van der Waals surface area (Å²) in [5.74, 6) is 0.987. The lowest BCUT2D eigenvalue weighted by atomic mass is 10.0. The van der Waals surface area contributed by atoms with Gasteiger partial charge in [-0.15, -0.1) is 0 Å². The fourth-order valence-electron chi connectivity index (χ4n) is 3.35.